The molecule has 0 radical (unpaired) electrons. The number of carbonyl (C=O) groups is 1. The van der Waals surface area contributed by atoms with E-state index in [1.165, 1.54) is 0 Å². The second kappa shape index (κ2) is 9.90. The number of aromatic amines is 1. The van der Waals surface area contributed by atoms with Crippen molar-refractivity contribution in [3.8, 4) is 11.1 Å². The Kier molecular flexibility index (Phi) is 6.77. The van der Waals surface area contributed by atoms with Crippen LogP contribution < -0.4 is 11.1 Å². The van der Waals surface area contributed by atoms with E-state index in [9.17, 15) is 4.79 Å². The normalized spacial score (nSPS) is 14.7. The van der Waals surface area contributed by atoms with Crippen molar-refractivity contribution in [2.45, 2.75) is 58.5 Å². The number of ether oxygens (including phenoxy) is 1. The van der Waals surface area contributed by atoms with E-state index in [1.54, 1.807) is 12.4 Å². The number of nitrogens with one attached hydrogen (secondary N) is 2. The van der Waals surface area contributed by atoms with Gasteiger partial charge in [0.25, 0.3) is 11.9 Å². The number of H-pyrrole nitrogens is 1. The van der Waals surface area contributed by atoms with Crippen LogP contribution in [0.2, 0.25) is 0 Å². The molecule has 1 aliphatic carbocycles. The highest BCUT2D eigenvalue weighted by Crippen LogP contribution is 2.31. The molecule has 1 amide bonds. The van der Waals surface area contributed by atoms with Crippen LogP contribution in [0.15, 0.2) is 53.9 Å². The van der Waals surface area contributed by atoms with Crippen molar-refractivity contribution in [1.82, 2.24) is 15.3 Å². The van der Waals surface area contributed by atoms with Gasteiger partial charge < -0.3 is 20.8 Å². The zero-order chi connectivity index (χ0) is 23.4. The number of fused-ring (bicyclic) bond motifs is 1. The van der Waals surface area contributed by atoms with Gasteiger partial charge in [0.1, 0.15) is 5.76 Å². The number of rotatable bonds is 8. The Morgan fingerprint density at radius 1 is 1.30 bits per heavy atom. The maximum atomic E-state index is 12.5. The van der Waals surface area contributed by atoms with Crippen LogP contribution in [-0.4, -0.2) is 34.0 Å². The molecule has 0 atom stereocenters. The molecule has 0 spiro atoms. The molecule has 7 heteroatoms. The topological polar surface area (TPSA) is 105 Å². The summed E-state index contributed by atoms with van der Waals surface area (Å²) < 4.78 is 5.93. The summed E-state index contributed by atoms with van der Waals surface area (Å²) in [4.78, 5) is 24.4. The fraction of sp³-hybridized carbons (Fsp3) is 0.346. The van der Waals surface area contributed by atoms with Crippen LogP contribution in [0, 0.1) is 0 Å². The molecule has 33 heavy (non-hydrogen) atoms. The fourth-order valence-electron chi connectivity index (χ4n) is 3.61. The van der Waals surface area contributed by atoms with Crippen molar-refractivity contribution >= 4 is 28.6 Å². The highest BCUT2D eigenvalue weighted by Gasteiger charge is 2.24. The third-order valence-corrected chi connectivity index (χ3v) is 5.41. The van der Waals surface area contributed by atoms with Crippen molar-refractivity contribution in [2.24, 2.45) is 10.7 Å². The number of amides is 1. The largest absolute Gasteiger partial charge is 0.426 e. The summed E-state index contributed by atoms with van der Waals surface area (Å²) in [7, 11) is 0. The molecule has 2 heterocycles. The molecule has 1 saturated carbocycles. The summed E-state index contributed by atoms with van der Waals surface area (Å²) in [6, 6.07) is 8.49. The van der Waals surface area contributed by atoms with Crippen molar-refractivity contribution in [3.05, 3.63) is 60.1 Å². The van der Waals surface area contributed by atoms with Crippen LogP contribution >= 0.6 is 0 Å². The minimum atomic E-state index is -0.0783. The van der Waals surface area contributed by atoms with E-state index in [0.717, 1.165) is 53.3 Å². The van der Waals surface area contributed by atoms with Crippen LogP contribution in [-0.2, 0) is 4.74 Å². The monoisotopic (exact) mass is 445 g/mol. The molecular weight excluding hydrogens is 414 g/mol. The fourth-order valence-corrected chi connectivity index (χ4v) is 3.61. The average molecular weight is 446 g/mol. The van der Waals surface area contributed by atoms with Crippen molar-refractivity contribution in [3.63, 3.8) is 0 Å². The van der Waals surface area contributed by atoms with Gasteiger partial charge in [-0.05, 0) is 63.5 Å². The quantitative estimate of drug-likeness (QED) is 0.258. The van der Waals surface area contributed by atoms with Crippen molar-refractivity contribution in [1.29, 1.82) is 0 Å². The minimum absolute atomic E-state index is 0.0491. The van der Waals surface area contributed by atoms with E-state index in [0.29, 0.717) is 17.4 Å². The van der Waals surface area contributed by atoms with Crippen LogP contribution in [0.3, 0.4) is 0 Å². The van der Waals surface area contributed by atoms with Gasteiger partial charge in [0.2, 0.25) is 0 Å². The summed E-state index contributed by atoms with van der Waals surface area (Å²) in [5, 5.41) is 4.03. The average Bonchev–Trinajstić information content (AvgIpc) is 3.51. The molecule has 0 saturated heterocycles. The number of unbranched alkanes of at least 4 members (excludes halogenated alkanes) is 1. The van der Waals surface area contributed by atoms with Gasteiger partial charge in [-0.1, -0.05) is 13.3 Å². The Balaban J connectivity index is 1.68. The summed E-state index contributed by atoms with van der Waals surface area (Å²) in [5.41, 5.74) is 10.3. The Morgan fingerprint density at radius 2 is 2.12 bits per heavy atom. The molecule has 3 aromatic rings. The number of amidine groups is 1. The van der Waals surface area contributed by atoms with Gasteiger partial charge in [0.05, 0.1) is 5.56 Å². The third kappa shape index (κ3) is 5.61. The number of carbonyl (C=O) groups excluding carboxylic acids is 1. The number of hydrogen-bond acceptors (Lipinski definition) is 4. The van der Waals surface area contributed by atoms with Crippen molar-refractivity contribution in [2.75, 3.05) is 0 Å². The molecule has 1 aromatic carbocycles. The van der Waals surface area contributed by atoms with Gasteiger partial charge in [-0.25, -0.2) is 4.99 Å². The number of nitrogens with zero attached hydrogens (tertiary/aromatic N) is 2. The molecule has 0 bridgehead atoms. The van der Waals surface area contributed by atoms with Crippen LogP contribution in [0.1, 0.15) is 62.4 Å². The second-order valence-corrected chi connectivity index (χ2v) is 8.69. The maximum absolute atomic E-state index is 12.5. The number of nitrogens with two attached hydrogens (primary N) is 1. The first-order valence-electron chi connectivity index (χ1n) is 11.5. The second-order valence-electron chi connectivity index (χ2n) is 8.69. The van der Waals surface area contributed by atoms with Gasteiger partial charge in [-0.2, -0.15) is 0 Å². The van der Waals surface area contributed by atoms with Crippen LogP contribution in [0.5, 0.6) is 0 Å². The molecule has 172 valence electrons. The lowest BCUT2D eigenvalue weighted by atomic mass is 10.0. The summed E-state index contributed by atoms with van der Waals surface area (Å²) in [6.45, 7) is 6.03. The molecule has 0 unspecified atom stereocenters. The number of benzene rings is 1. The third-order valence-electron chi connectivity index (χ3n) is 5.41. The zero-order valence-electron chi connectivity index (χ0n) is 19.4. The van der Waals surface area contributed by atoms with Gasteiger partial charge in [-0.15, -0.1) is 0 Å². The Labute approximate surface area is 194 Å². The zero-order valence-corrected chi connectivity index (χ0v) is 19.4. The maximum Gasteiger partial charge on any atom is 0.287 e. The first-order valence-corrected chi connectivity index (χ1v) is 11.5. The Bertz CT molecular complexity index is 1200. The van der Waals surface area contributed by atoms with E-state index in [4.69, 9.17) is 10.5 Å². The van der Waals surface area contributed by atoms with Gasteiger partial charge in [0.15, 0.2) is 0 Å². The molecular formula is C26H31N5O2. The van der Waals surface area contributed by atoms with E-state index < -0.39 is 0 Å². The number of aromatic nitrogens is 2. The summed E-state index contributed by atoms with van der Waals surface area (Å²) in [5.74, 6) is 0.606. The van der Waals surface area contributed by atoms with Crippen molar-refractivity contribution < 1.29 is 9.53 Å². The molecule has 1 aliphatic rings. The summed E-state index contributed by atoms with van der Waals surface area (Å²) >= 11 is 0. The number of hydrogen-bond donors (Lipinski definition) is 3. The minimum Gasteiger partial charge on any atom is -0.426 e. The summed E-state index contributed by atoms with van der Waals surface area (Å²) in [6.07, 6.45) is 11.3. The lowest BCUT2D eigenvalue weighted by Gasteiger charge is -2.11. The van der Waals surface area contributed by atoms with E-state index in [1.807, 2.05) is 44.3 Å². The van der Waals surface area contributed by atoms with Crippen LogP contribution in [0.4, 0.5) is 0 Å². The van der Waals surface area contributed by atoms with Crippen LogP contribution in [0.25, 0.3) is 27.8 Å². The van der Waals surface area contributed by atoms with Gasteiger partial charge in [0, 0.05) is 58.3 Å². The first-order chi connectivity index (χ1) is 15.9. The highest BCUT2D eigenvalue weighted by atomic mass is 16.5. The Hall–Kier alpha value is -3.61. The smallest absolute Gasteiger partial charge is 0.287 e. The SMILES string of the molecule is CCC/C=C(/OC(N)=NC(C)C)c1ccc2[nH]cc(-c3cncc(C(=O)NC4CC4)c3)c2c1. The standard InChI is InChI=1S/C26H31N5O2/c1-4-5-6-24(33-26(27)30-16(2)3)17-7-10-23-21(12-17)22(15-29-23)18-11-19(14-28-13-18)25(32)31-20-8-9-20/h6-7,10-16,20,29H,4-5,8-9H2,1-3H3,(H2,27,30)(H,31,32)/b24-6+. The molecule has 2 aromatic heterocycles. The number of allylic oxidation sites excluding steroid dienone is 1. The van der Waals surface area contributed by atoms with E-state index in [-0.39, 0.29) is 18.0 Å². The number of pyridine rings is 1. The van der Waals surface area contributed by atoms with Gasteiger partial charge >= 0.3 is 0 Å². The van der Waals surface area contributed by atoms with Gasteiger partial charge in [-0.3, -0.25) is 9.78 Å². The first kappa shape index (κ1) is 22.6. The molecule has 4 N–H and O–H groups in total. The highest BCUT2D eigenvalue weighted by molar-refractivity contribution is 6.00. The lowest BCUT2D eigenvalue weighted by molar-refractivity contribution is 0.0950. The molecule has 1 fully saturated rings. The number of aliphatic imine (C=N–C) groups is 1. The van der Waals surface area contributed by atoms with E-state index >= 15 is 0 Å². The Morgan fingerprint density at radius 3 is 2.85 bits per heavy atom. The molecule has 0 aliphatic heterocycles. The van der Waals surface area contributed by atoms with E-state index in [2.05, 4.69) is 33.3 Å². The predicted molar refractivity (Wildman–Crippen MR) is 133 cm³/mol. The molecule has 7 nitrogen and oxygen atoms in total. The predicted octanol–water partition coefficient (Wildman–Crippen LogP) is 5.00. The lowest BCUT2D eigenvalue weighted by Crippen LogP contribution is -2.25. The molecule has 4 rings (SSSR count).